The van der Waals surface area contributed by atoms with Crippen molar-refractivity contribution in [2.45, 2.75) is 13.1 Å². The number of hydrogen-bond donors (Lipinski definition) is 2. The van der Waals surface area contributed by atoms with E-state index in [9.17, 15) is 26.4 Å². The van der Waals surface area contributed by atoms with E-state index in [1.54, 1.807) is 6.92 Å². The van der Waals surface area contributed by atoms with Crippen molar-refractivity contribution in [2.75, 3.05) is 24.6 Å². The van der Waals surface area contributed by atoms with E-state index in [-0.39, 0.29) is 6.54 Å². The lowest BCUT2D eigenvalue weighted by Gasteiger charge is -2.18. The SMILES string of the molecule is CCNC(=O)CS(=O)(=O)CC(CN)C(F)(F)F. The van der Waals surface area contributed by atoms with Crippen molar-refractivity contribution in [1.29, 1.82) is 0 Å². The third-order valence-electron chi connectivity index (χ3n) is 1.93. The number of rotatable bonds is 6. The number of nitrogens with one attached hydrogen (secondary N) is 1. The molecule has 0 spiro atoms. The van der Waals surface area contributed by atoms with E-state index in [1.165, 1.54) is 0 Å². The van der Waals surface area contributed by atoms with Crippen molar-refractivity contribution in [2.24, 2.45) is 11.7 Å². The van der Waals surface area contributed by atoms with Crippen molar-refractivity contribution in [3.8, 4) is 0 Å². The number of carbonyl (C=O) groups is 1. The average molecular weight is 276 g/mol. The molecule has 1 atom stereocenters. The maximum absolute atomic E-state index is 12.3. The molecule has 0 aliphatic carbocycles. The molecule has 0 aromatic rings. The fourth-order valence-corrected chi connectivity index (χ4v) is 2.67. The Morgan fingerprint density at radius 3 is 2.29 bits per heavy atom. The van der Waals surface area contributed by atoms with Crippen LogP contribution in [0, 0.1) is 5.92 Å². The van der Waals surface area contributed by atoms with Gasteiger partial charge in [0.25, 0.3) is 0 Å². The van der Waals surface area contributed by atoms with Crippen molar-refractivity contribution >= 4 is 15.7 Å². The van der Waals surface area contributed by atoms with Gasteiger partial charge in [0.1, 0.15) is 5.75 Å². The molecular weight excluding hydrogens is 261 g/mol. The van der Waals surface area contributed by atoms with Crippen LogP contribution in [0.2, 0.25) is 0 Å². The molecule has 0 rings (SSSR count). The second-order valence-corrected chi connectivity index (χ2v) is 5.59. The van der Waals surface area contributed by atoms with Crippen LogP contribution >= 0.6 is 0 Å². The molecule has 102 valence electrons. The Labute approximate surface area is 97.5 Å². The molecule has 1 unspecified atom stereocenters. The molecule has 0 heterocycles. The zero-order chi connectivity index (χ0) is 13.7. The Kier molecular flexibility index (Phi) is 5.89. The van der Waals surface area contributed by atoms with Crippen molar-refractivity contribution in [3.63, 3.8) is 0 Å². The smallest absolute Gasteiger partial charge is 0.356 e. The van der Waals surface area contributed by atoms with E-state index in [2.05, 4.69) is 5.32 Å². The standard InChI is InChI=1S/C8H15F3N2O3S/c1-2-13-7(14)5-17(15,16)4-6(3-12)8(9,10)11/h6H,2-5,12H2,1H3,(H,13,14). The van der Waals surface area contributed by atoms with Crippen LogP contribution in [0.4, 0.5) is 13.2 Å². The Bertz CT molecular complexity index is 354. The van der Waals surface area contributed by atoms with Gasteiger partial charge in [-0.25, -0.2) is 8.42 Å². The second-order valence-electron chi connectivity index (χ2n) is 3.48. The first-order valence-corrected chi connectivity index (χ1v) is 6.68. The molecule has 1 amide bonds. The molecule has 0 bridgehead atoms. The lowest BCUT2D eigenvalue weighted by molar-refractivity contribution is -0.165. The minimum Gasteiger partial charge on any atom is -0.356 e. The summed E-state index contributed by atoms with van der Waals surface area (Å²) in [5.41, 5.74) is 4.87. The van der Waals surface area contributed by atoms with Gasteiger partial charge in [-0.05, 0) is 6.92 Å². The maximum atomic E-state index is 12.3. The van der Waals surface area contributed by atoms with E-state index < -0.39 is 45.9 Å². The predicted molar refractivity (Wildman–Crippen MR) is 55.9 cm³/mol. The summed E-state index contributed by atoms with van der Waals surface area (Å²) in [6.07, 6.45) is -4.68. The van der Waals surface area contributed by atoms with Gasteiger partial charge >= 0.3 is 6.18 Å². The van der Waals surface area contributed by atoms with Gasteiger partial charge in [0.2, 0.25) is 5.91 Å². The molecule has 17 heavy (non-hydrogen) atoms. The van der Waals surface area contributed by atoms with E-state index in [0.717, 1.165) is 0 Å². The highest BCUT2D eigenvalue weighted by molar-refractivity contribution is 7.92. The van der Waals surface area contributed by atoms with Crippen LogP contribution in [0.25, 0.3) is 0 Å². The molecule has 5 nitrogen and oxygen atoms in total. The highest BCUT2D eigenvalue weighted by atomic mass is 32.2. The number of carbonyl (C=O) groups excluding carboxylic acids is 1. The van der Waals surface area contributed by atoms with E-state index in [1.807, 2.05) is 0 Å². The van der Waals surface area contributed by atoms with Gasteiger partial charge in [-0.3, -0.25) is 4.79 Å². The maximum Gasteiger partial charge on any atom is 0.393 e. The quantitative estimate of drug-likeness (QED) is 0.695. The summed E-state index contributed by atoms with van der Waals surface area (Å²) in [6, 6.07) is 0. The molecular formula is C8H15F3N2O3S. The van der Waals surface area contributed by atoms with Gasteiger partial charge in [0.05, 0.1) is 11.7 Å². The summed E-state index contributed by atoms with van der Waals surface area (Å²) in [5.74, 6) is -5.07. The van der Waals surface area contributed by atoms with E-state index in [4.69, 9.17) is 5.73 Å². The summed E-state index contributed by atoms with van der Waals surface area (Å²) in [4.78, 5) is 11.0. The molecule has 0 fully saturated rings. The molecule has 0 aliphatic heterocycles. The third-order valence-corrected chi connectivity index (χ3v) is 3.54. The molecule has 0 saturated heterocycles. The summed E-state index contributed by atoms with van der Waals surface area (Å²) in [7, 11) is -4.11. The Morgan fingerprint density at radius 2 is 1.94 bits per heavy atom. The van der Waals surface area contributed by atoms with E-state index in [0.29, 0.717) is 0 Å². The van der Waals surface area contributed by atoms with Crippen LogP contribution in [-0.2, 0) is 14.6 Å². The minimum atomic E-state index is -4.68. The number of halogens is 3. The lowest BCUT2D eigenvalue weighted by Crippen LogP contribution is -2.39. The molecule has 0 aromatic carbocycles. The molecule has 0 aromatic heterocycles. The van der Waals surface area contributed by atoms with Crippen LogP contribution in [0.15, 0.2) is 0 Å². The molecule has 9 heteroatoms. The number of nitrogens with two attached hydrogens (primary N) is 1. The summed E-state index contributed by atoms with van der Waals surface area (Å²) >= 11 is 0. The van der Waals surface area contributed by atoms with E-state index >= 15 is 0 Å². The number of sulfone groups is 1. The van der Waals surface area contributed by atoms with Gasteiger partial charge < -0.3 is 11.1 Å². The van der Waals surface area contributed by atoms with Gasteiger partial charge in [-0.1, -0.05) is 0 Å². The first-order valence-electron chi connectivity index (χ1n) is 4.86. The Morgan fingerprint density at radius 1 is 1.41 bits per heavy atom. The lowest BCUT2D eigenvalue weighted by atomic mass is 10.2. The zero-order valence-electron chi connectivity index (χ0n) is 9.25. The highest BCUT2D eigenvalue weighted by Gasteiger charge is 2.41. The monoisotopic (exact) mass is 276 g/mol. The number of alkyl halides is 3. The Balaban J connectivity index is 4.59. The first-order chi connectivity index (χ1) is 7.62. The average Bonchev–Trinajstić information content (AvgIpc) is 2.11. The summed E-state index contributed by atoms with van der Waals surface area (Å²) < 4.78 is 59.5. The van der Waals surface area contributed by atoms with Gasteiger partial charge in [-0.15, -0.1) is 0 Å². The summed E-state index contributed by atoms with van der Waals surface area (Å²) in [5, 5.41) is 2.20. The third kappa shape index (κ3) is 6.47. The fraction of sp³-hybridized carbons (Fsp3) is 0.875. The molecule has 3 N–H and O–H groups in total. The predicted octanol–water partition coefficient (Wildman–Crippen LogP) is -0.326. The van der Waals surface area contributed by atoms with Crippen molar-refractivity contribution < 1.29 is 26.4 Å². The Hall–Kier alpha value is -0.830. The van der Waals surface area contributed by atoms with Crippen LogP contribution < -0.4 is 11.1 Å². The van der Waals surface area contributed by atoms with Crippen LogP contribution in [0.5, 0.6) is 0 Å². The normalized spacial score (nSPS) is 14.4. The van der Waals surface area contributed by atoms with Gasteiger partial charge in [0, 0.05) is 13.1 Å². The van der Waals surface area contributed by atoms with Gasteiger partial charge in [0.15, 0.2) is 9.84 Å². The number of amides is 1. The number of hydrogen-bond acceptors (Lipinski definition) is 4. The van der Waals surface area contributed by atoms with Crippen LogP contribution in [0.3, 0.4) is 0 Å². The topological polar surface area (TPSA) is 89.3 Å². The van der Waals surface area contributed by atoms with Crippen LogP contribution in [-0.4, -0.2) is 45.1 Å². The van der Waals surface area contributed by atoms with Crippen LogP contribution in [0.1, 0.15) is 6.92 Å². The van der Waals surface area contributed by atoms with Crippen molar-refractivity contribution in [3.05, 3.63) is 0 Å². The minimum absolute atomic E-state index is 0.216. The second kappa shape index (κ2) is 6.20. The molecule has 0 saturated carbocycles. The zero-order valence-corrected chi connectivity index (χ0v) is 10.1. The van der Waals surface area contributed by atoms with Gasteiger partial charge in [-0.2, -0.15) is 13.2 Å². The summed E-state index contributed by atoms with van der Waals surface area (Å²) in [6.45, 7) is 0.967. The molecule has 0 aliphatic rings. The first kappa shape index (κ1) is 16.2. The molecule has 0 radical (unpaired) electrons. The van der Waals surface area contributed by atoms with Crippen molar-refractivity contribution in [1.82, 2.24) is 5.32 Å². The fourth-order valence-electron chi connectivity index (χ4n) is 1.11. The highest BCUT2D eigenvalue weighted by Crippen LogP contribution is 2.26. The largest absolute Gasteiger partial charge is 0.393 e.